The molecule has 0 radical (unpaired) electrons. The standard InChI is InChI=1S/C21H18BrN3O3/c1-24-18(15-7-6-13(22)12-17(15)23-24)19(26)25-10-8-21(9-11-25)16-5-3-2-4-14(16)20(27)28-21/h2-7,12H,8-11H2,1H3. The number of ether oxygens (including phenoxy) is 1. The van der Waals surface area contributed by atoms with Crippen molar-refractivity contribution in [3.8, 4) is 0 Å². The van der Waals surface area contributed by atoms with Gasteiger partial charge in [0.2, 0.25) is 0 Å². The summed E-state index contributed by atoms with van der Waals surface area (Å²) in [6.45, 7) is 1.06. The molecule has 2 aliphatic rings. The van der Waals surface area contributed by atoms with Gasteiger partial charge in [-0.25, -0.2) is 4.79 Å². The Labute approximate surface area is 170 Å². The molecule has 0 atom stereocenters. The lowest BCUT2D eigenvalue weighted by molar-refractivity contribution is -0.0390. The van der Waals surface area contributed by atoms with Gasteiger partial charge in [0.25, 0.3) is 5.91 Å². The molecule has 0 N–H and O–H groups in total. The molecule has 1 spiro atoms. The third kappa shape index (κ3) is 2.49. The highest BCUT2D eigenvalue weighted by Gasteiger charge is 2.47. The highest BCUT2D eigenvalue weighted by molar-refractivity contribution is 9.10. The van der Waals surface area contributed by atoms with Crippen LogP contribution in [0.15, 0.2) is 46.9 Å². The van der Waals surface area contributed by atoms with E-state index in [9.17, 15) is 9.59 Å². The molecule has 0 bridgehead atoms. The topological polar surface area (TPSA) is 64.4 Å². The summed E-state index contributed by atoms with van der Waals surface area (Å²) in [5.74, 6) is -0.307. The minimum Gasteiger partial charge on any atom is -0.450 e. The summed E-state index contributed by atoms with van der Waals surface area (Å²) in [6.07, 6.45) is 1.20. The maximum absolute atomic E-state index is 13.2. The van der Waals surface area contributed by atoms with E-state index < -0.39 is 5.60 Å². The maximum atomic E-state index is 13.2. The number of rotatable bonds is 1. The van der Waals surface area contributed by atoms with E-state index in [4.69, 9.17) is 4.74 Å². The first kappa shape index (κ1) is 17.4. The molecule has 6 nitrogen and oxygen atoms in total. The lowest BCUT2D eigenvalue weighted by Crippen LogP contribution is -2.45. The van der Waals surface area contributed by atoms with Crippen LogP contribution < -0.4 is 0 Å². The Morgan fingerprint density at radius 1 is 1.18 bits per heavy atom. The first-order chi connectivity index (χ1) is 13.5. The minimum atomic E-state index is -0.607. The number of benzene rings is 2. The summed E-state index contributed by atoms with van der Waals surface area (Å²) in [5.41, 5.74) is 2.35. The van der Waals surface area contributed by atoms with Gasteiger partial charge in [0, 0.05) is 48.4 Å². The molecular formula is C21H18BrN3O3. The molecule has 1 aromatic heterocycles. The van der Waals surface area contributed by atoms with Crippen LogP contribution in [0.2, 0.25) is 0 Å². The van der Waals surface area contributed by atoms with Crippen LogP contribution in [0.3, 0.4) is 0 Å². The highest BCUT2D eigenvalue weighted by Crippen LogP contribution is 2.44. The summed E-state index contributed by atoms with van der Waals surface area (Å²) in [4.78, 5) is 27.3. The number of esters is 1. The molecule has 0 unspecified atom stereocenters. The quantitative estimate of drug-likeness (QED) is 0.543. The van der Waals surface area contributed by atoms with E-state index in [0.29, 0.717) is 37.2 Å². The van der Waals surface area contributed by atoms with E-state index in [0.717, 1.165) is 20.9 Å². The van der Waals surface area contributed by atoms with Gasteiger partial charge in [-0.1, -0.05) is 34.1 Å². The molecule has 2 aromatic carbocycles. The Kier molecular flexibility index (Phi) is 3.84. The fraction of sp³-hybridized carbons (Fsp3) is 0.286. The van der Waals surface area contributed by atoms with E-state index in [1.54, 1.807) is 11.7 Å². The summed E-state index contributed by atoms with van der Waals surface area (Å²) in [5, 5.41) is 5.31. The van der Waals surface area contributed by atoms with Gasteiger partial charge < -0.3 is 9.64 Å². The molecule has 28 heavy (non-hydrogen) atoms. The van der Waals surface area contributed by atoms with E-state index >= 15 is 0 Å². The maximum Gasteiger partial charge on any atom is 0.339 e. The molecule has 3 heterocycles. The number of fused-ring (bicyclic) bond motifs is 3. The summed E-state index contributed by atoms with van der Waals surface area (Å²) < 4.78 is 8.36. The first-order valence-electron chi connectivity index (χ1n) is 9.23. The first-order valence-corrected chi connectivity index (χ1v) is 10.0. The third-order valence-corrected chi connectivity index (χ3v) is 6.28. The number of aryl methyl sites for hydroxylation is 1. The van der Waals surface area contributed by atoms with Crippen LogP contribution in [-0.4, -0.2) is 39.6 Å². The van der Waals surface area contributed by atoms with E-state index in [1.807, 2.05) is 47.4 Å². The SMILES string of the molecule is Cn1nc2cc(Br)ccc2c1C(=O)N1CCC2(CC1)OC(=O)c1ccccc12. The molecule has 0 aliphatic carbocycles. The van der Waals surface area contributed by atoms with Gasteiger partial charge in [0.1, 0.15) is 11.3 Å². The molecule has 7 heteroatoms. The van der Waals surface area contributed by atoms with Crippen molar-refractivity contribution in [2.45, 2.75) is 18.4 Å². The van der Waals surface area contributed by atoms with Gasteiger partial charge in [-0.2, -0.15) is 5.10 Å². The number of likely N-dealkylation sites (tertiary alicyclic amines) is 1. The number of hydrogen-bond donors (Lipinski definition) is 0. The molecule has 1 saturated heterocycles. The number of hydrogen-bond acceptors (Lipinski definition) is 4. The minimum absolute atomic E-state index is 0.0419. The molecule has 142 valence electrons. The summed E-state index contributed by atoms with van der Waals surface area (Å²) >= 11 is 3.45. The second-order valence-corrected chi connectivity index (χ2v) is 8.27. The lowest BCUT2D eigenvalue weighted by Gasteiger charge is -2.38. The third-order valence-electron chi connectivity index (χ3n) is 5.78. The number of halogens is 1. The zero-order chi connectivity index (χ0) is 19.5. The van der Waals surface area contributed by atoms with Gasteiger partial charge >= 0.3 is 5.97 Å². The second kappa shape index (κ2) is 6.17. The highest BCUT2D eigenvalue weighted by atomic mass is 79.9. The van der Waals surface area contributed by atoms with Crippen molar-refractivity contribution in [2.24, 2.45) is 7.05 Å². The van der Waals surface area contributed by atoms with Crippen LogP contribution in [0.1, 0.15) is 39.3 Å². The normalized spacial score (nSPS) is 17.8. The van der Waals surface area contributed by atoms with Crippen molar-refractivity contribution in [1.82, 2.24) is 14.7 Å². The predicted molar refractivity (Wildman–Crippen MR) is 107 cm³/mol. The lowest BCUT2D eigenvalue weighted by atomic mass is 9.83. The molecule has 5 rings (SSSR count). The van der Waals surface area contributed by atoms with Crippen molar-refractivity contribution in [2.75, 3.05) is 13.1 Å². The Morgan fingerprint density at radius 3 is 2.71 bits per heavy atom. The van der Waals surface area contributed by atoms with Gasteiger partial charge in [-0.15, -0.1) is 0 Å². The van der Waals surface area contributed by atoms with Crippen LogP contribution in [-0.2, 0) is 17.4 Å². The number of amides is 1. The Balaban J connectivity index is 1.42. The fourth-order valence-electron chi connectivity index (χ4n) is 4.37. The number of nitrogens with zero attached hydrogens (tertiary/aromatic N) is 3. The summed E-state index contributed by atoms with van der Waals surface area (Å²) in [6, 6.07) is 13.3. The largest absolute Gasteiger partial charge is 0.450 e. The van der Waals surface area contributed by atoms with Crippen LogP contribution in [0, 0.1) is 0 Å². The molecule has 1 amide bonds. The van der Waals surface area contributed by atoms with Crippen molar-refractivity contribution in [3.05, 3.63) is 63.8 Å². The zero-order valence-corrected chi connectivity index (χ0v) is 16.9. The average Bonchev–Trinajstić information content (AvgIpc) is 3.16. The van der Waals surface area contributed by atoms with Gasteiger partial charge in [0.15, 0.2) is 0 Å². The molecule has 3 aromatic rings. The van der Waals surface area contributed by atoms with Crippen molar-refractivity contribution in [3.63, 3.8) is 0 Å². The smallest absolute Gasteiger partial charge is 0.339 e. The fourth-order valence-corrected chi connectivity index (χ4v) is 4.71. The Morgan fingerprint density at radius 2 is 1.93 bits per heavy atom. The van der Waals surface area contributed by atoms with Gasteiger partial charge in [-0.3, -0.25) is 9.48 Å². The number of aromatic nitrogens is 2. The number of carbonyl (C=O) groups is 2. The molecule has 0 saturated carbocycles. The van der Waals surface area contributed by atoms with Crippen molar-refractivity contribution >= 4 is 38.7 Å². The number of piperidine rings is 1. The van der Waals surface area contributed by atoms with E-state index in [1.165, 1.54) is 0 Å². The second-order valence-electron chi connectivity index (χ2n) is 7.36. The van der Waals surface area contributed by atoms with Crippen LogP contribution in [0.25, 0.3) is 10.9 Å². The van der Waals surface area contributed by atoms with Gasteiger partial charge in [-0.05, 0) is 24.3 Å². The monoisotopic (exact) mass is 439 g/mol. The van der Waals surface area contributed by atoms with Crippen LogP contribution in [0.4, 0.5) is 0 Å². The zero-order valence-electron chi connectivity index (χ0n) is 15.3. The van der Waals surface area contributed by atoms with Crippen molar-refractivity contribution in [1.29, 1.82) is 0 Å². The van der Waals surface area contributed by atoms with Crippen LogP contribution in [0.5, 0.6) is 0 Å². The molecule has 1 fully saturated rings. The predicted octanol–water partition coefficient (Wildman–Crippen LogP) is 3.64. The van der Waals surface area contributed by atoms with Gasteiger partial charge in [0.05, 0.1) is 11.1 Å². The van der Waals surface area contributed by atoms with E-state index in [2.05, 4.69) is 21.0 Å². The average molecular weight is 440 g/mol. The van der Waals surface area contributed by atoms with Crippen molar-refractivity contribution < 1.29 is 14.3 Å². The number of carbonyl (C=O) groups excluding carboxylic acids is 2. The van der Waals surface area contributed by atoms with E-state index in [-0.39, 0.29) is 11.9 Å². The van der Waals surface area contributed by atoms with Crippen LogP contribution >= 0.6 is 15.9 Å². The summed E-state index contributed by atoms with van der Waals surface area (Å²) in [7, 11) is 1.79. The Hall–Kier alpha value is -2.67. The molecule has 2 aliphatic heterocycles. The molecular weight excluding hydrogens is 422 g/mol. The Bertz CT molecular complexity index is 1130.